The lowest BCUT2D eigenvalue weighted by atomic mass is 9.44. The third-order valence-electron chi connectivity index (χ3n) is 5.68. The minimum absolute atomic E-state index is 0.0550. The van der Waals surface area contributed by atoms with Gasteiger partial charge in [0.1, 0.15) is 0 Å². The van der Waals surface area contributed by atoms with E-state index in [9.17, 15) is 9.90 Å². The van der Waals surface area contributed by atoms with E-state index in [-0.39, 0.29) is 5.41 Å². The van der Waals surface area contributed by atoms with E-state index >= 15 is 0 Å². The molecular weight excluding hydrogens is 200 g/mol. The lowest BCUT2D eigenvalue weighted by molar-refractivity contribution is -0.139. The quantitative estimate of drug-likeness (QED) is 0.726. The summed E-state index contributed by atoms with van der Waals surface area (Å²) in [6, 6.07) is 0. The van der Waals surface area contributed by atoms with Gasteiger partial charge in [-0.15, -0.1) is 0 Å². The van der Waals surface area contributed by atoms with Gasteiger partial charge in [-0.2, -0.15) is 0 Å². The highest BCUT2D eigenvalue weighted by Gasteiger charge is 2.57. The molecule has 0 amide bonds. The van der Waals surface area contributed by atoms with E-state index in [0.29, 0.717) is 11.5 Å². The number of carboxylic acids is 1. The smallest absolute Gasteiger partial charge is 0.331 e. The third kappa shape index (κ3) is 1.16. The highest BCUT2D eigenvalue weighted by Crippen LogP contribution is 2.65. The van der Waals surface area contributed by atoms with Crippen LogP contribution in [-0.4, -0.2) is 11.1 Å². The van der Waals surface area contributed by atoms with Crippen LogP contribution >= 0.6 is 0 Å². The maximum absolute atomic E-state index is 11.3. The second kappa shape index (κ2) is 3.12. The zero-order chi connectivity index (χ0) is 11.5. The Morgan fingerprint density at radius 3 is 2.31 bits per heavy atom. The molecule has 0 aromatic carbocycles. The average molecular weight is 220 g/mol. The summed E-state index contributed by atoms with van der Waals surface area (Å²) in [6.45, 7) is 6.16. The fraction of sp³-hybridized carbons (Fsp3) is 0.786. The number of hydrogen-bond acceptors (Lipinski definition) is 1. The van der Waals surface area contributed by atoms with Crippen molar-refractivity contribution in [3.05, 3.63) is 12.2 Å². The Bertz CT molecular complexity index is 344. The lowest BCUT2D eigenvalue weighted by Gasteiger charge is -2.60. The van der Waals surface area contributed by atoms with Crippen LogP contribution in [0.4, 0.5) is 0 Å². The van der Waals surface area contributed by atoms with Crippen LogP contribution in [0.1, 0.15) is 39.0 Å². The number of aliphatic carboxylic acids is 1. The van der Waals surface area contributed by atoms with Crippen molar-refractivity contribution in [1.29, 1.82) is 0 Å². The maximum atomic E-state index is 11.3. The van der Waals surface area contributed by atoms with E-state index in [1.54, 1.807) is 0 Å². The molecule has 0 unspecified atom stereocenters. The molecule has 0 heterocycles. The van der Waals surface area contributed by atoms with Gasteiger partial charge in [0.2, 0.25) is 0 Å². The molecule has 88 valence electrons. The molecule has 3 atom stereocenters. The predicted octanol–water partition coefficient (Wildman–Crippen LogP) is 3.09. The molecule has 16 heavy (non-hydrogen) atoms. The lowest BCUT2D eigenvalue weighted by Crippen LogP contribution is -2.53. The van der Waals surface area contributed by atoms with E-state index in [0.717, 1.165) is 30.6 Å². The second-order valence-electron chi connectivity index (χ2n) is 6.34. The topological polar surface area (TPSA) is 37.3 Å². The molecule has 0 aromatic rings. The molecule has 0 aromatic heterocycles. The SMILES string of the molecule is C=C(C(=O)O)C12C[C@@H]3CC(C[C@H](C3)C1)[C@@H]2C. The molecule has 0 saturated heterocycles. The van der Waals surface area contributed by atoms with Crippen molar-refractivity contribution in [1.82, 2.24) is 0 Å². The minimum atomic E-state index is -0.770. The summed E-state index contributed by atoms with van der Waals surface area (Å²) >= 11 is 0. The summed E-state index contributed by atoms with van der Waals surface area (Å²) in [7, 11) is 0. The largest absolute Gasteiger partial charge is 0.478 e. The van der Waals surface area contributed by atoms with Crippen molar-refractivity contribution in [2.24, 2.45) is 29.1 Å². The summed E-state index contributed by atoms with van der Waals surface area (Å²) in [4.78, 5) is 11.3. The van der Waals surface area contributed by atoms with Gasteiger partial charge < -0.3 is 5.11 Å². The van der Waals surface area contributed by atoms with Crippen LogP contribution in [0.25, 0.3) is 0 Å². The molecule has 2 heteroatoms. The number of hydrogen-bond donors (Lipinski definition) is 1. The van der Waals surface area contributed by atoms with E-state index in [2.05, 4.69) is 13.5 Å². The van der Waals surface area contributed by atoms with Crippen molar-refractivity contribution in [2.75, 3.05) is 0 Å². The fourth-order valence-corrected chi connectivity index (χ4v) is 5.03. The molecule has 4 bridgehead atoms. The van der Waals surface area contributed by atoms with Gasteiger partial charge in [0.05, 0.1) is 0 Å². The van der Waals surface area contributed by atoms with Gasteiger partial charge >= 0.3 is 5.97 Å². The molecule has 0 spiro atoms. The Morgan fingerprint density at radius 1 is 1.25 bits per heavy atom. The number of carbonyl (C=O) groups is 1. The normalized spacial score (nSPS) is 49.3. The monoisotopic (exact) mass is 220 g/mol. The Morgan fingerprint density at radius 2 is 1.81 bits per heavy atom. The van der Waals surface area contributed by atoms with Gasteiger partial charge in [0.15, 0.2) is 0 Å². The maximum Gasteiger partial charge on any atom is 0.331 e. The van der Waals surface area contributed by atoms with E-state index in [1.807, 2.05) is 0 Å². The third-order valence-corrected chi connectivity index (χ3v) is 5.68. The van der Waals surface area contributed by atoms with Crippen molar-refractivity contribution >= 4 is 5.97 Å². The molecule has 4 rings (SSSR count). The molecule has 0 radical (unpaired) electrons. The van der Waals surface area contributed by atoms with E-state index < -0.39 is 5.97 Å². The van der Waals surface area contributed by atoms with Gasteiger partial charge in [-0.1, -0.05) is 13.5 Å². The van der Waals surface area contributed by atoms with Crippen molar-refractivity contribution in [3.8, 4) is 0 Å². The Labute approximate surface area is 96.7 Å². The van der Waals surface area contributed by atoms with Crippen molar-refractivity contribution < 1.29 is 9.90 Å². The Hall–Kier alpha value is -0.790. The summed E-state index contributed by atoms with van der Waals surface area (Å²) in [5.74, 6) is 2.09. The fourth-order valence-electron chi connectivity index (χ4n) is 5.03. The van der Waals surface area contributed by atoms with Crippen LogP contribution in [0.2, 0.25) is 0 Å². The Kier molecular flexibility index (Phi) is 2.02. The second-order valence-corrected chi connectivity index (χ2v) is 6.34. The molecule has 4 aliphatic carbocycles. The van der Waals surface area contributed by atoms with Gasteiger partial charge in [-0.3, -0.25) is 0 Å². The first-order chi connectivity index (χ1) is 7.53. The number of carboxylic acid groups (broad SMARTS) is 1. The van der Waals surface area contributed by atoms with Crippen molar-refractivity contribution in [2.45, 2.75) is 39.0 Å². The number of rotatable bonds is 2. The summed E-state index contributed by atoms with van der Waals surface area (Å²) in [5.41, 5.74) is 0.444. The molecule has 4 aliphatic rings. The standard InChI is InChI=1S/C14H20O2/c1-8-12-4-10-3-11(5-12)7-14(8,6-10)9(2)13(15)16/h8,10-12H,2-7H2,1H3,(H,15,16)/t8-,10-,11-,12?,14?/m0/s1. The highest BCUT2D eigenvalue weighted by molar-refractivity contribution is 5.87. The van der Waals surface area contributed by atoms with Crippen LogP contribution < -0.4 is 0 Å². The first kappa shape index (κ1) is 10.4. The van der Waals surface area contributed by atoms with Crippen LogP contribution in [0.3, 0.4) is 0 Å². The van der Waals surface area contributed by atoms with Gasteiger partial charge in [-0.05, 0) is 55.8 Å². The summed E-state index contributed by atoms with van der Waals surface area (Å²) < 4.78 is 0. The van der Waals surface area contributed by atoms with Crippen LogP contribution in [0.15, 0.2) is 12.2 Å². The first-order valence-corrected chi connectivity index (χ1v) is 6.45. The molecule has 1 N–H and O–H groups in total. The zero-order valence-corrected chi connectivity index (χ0v) is 9.91. The van der Waals surface area contributed by atoms with Gasteiger partial charge in [0.25, 0.3) is 0 Å². The van der Waals surface area contributed by atoms with E-state index in [1.165, 1.54) is 19.3 Å². The first-order valence-electron chi connectivity index (χ1n) is 6.45. The minimum Gasteiger partial charge on any atom is -0.478 e. The molecule has 4 saturated carbocycles. The van der Waals surface area contributed by atoms with E-state index in [4.69, 9.17) is 0 Å². The Balaban J connectivity index is 1.99. The molecular formula is C14H20O2. The summed E-state index contributed by atoms with van der Waals surface area (Å²) in [6.07, 6.45) is 6.20. The average Bonchev–Trinajstić information content (AvgIpc) is 2.23. The van der Waals surface area contributed by atoms with Crippen LogP contribution in [0.5, 0.6) is 0 Å². The zero-order valence-electron chi connectivity index (χ0n) is 9.91. The molecule has 4 fully saturated rings. The highest BCUT2D eigenvalue weighted by atomic mass is 16.4. The predicted molar refractivity (Wildman–Crippen MR) is 61.9 cm³/mol. The molecule has 2 nitrogen and oxygen atoms in total. The van der Waals surface area contributed by atoms with Gasteiger partial charge in [-0.25, -0.2) is 4.79 Å². The molecule has 0 aliphatic heterocycles. The van der Waals surface area contributed by atoms with Crippen LogP contribution in [-0.2, 0) is 4.79 Å². The van der Waals surface area contributed by atoms with Crippen molar-refractivity contribution in [3.63, 3.8) is 0 Å². The van der Waals surface area contributed by atoms with Crippen LogP contribution in [0, 0.1) is 29.1 Å². The van der Waals surface area contributed by atoms with Gasteiger partial charge in [0, 0.05) is 11.0 Å². The summed E-state index contributed by atoms with van der Waals surface area (Å²) in [5, 5.41) is 9.26.